The topological polar surface area (TPSA) is 55.8 Å². The van der Waals surface area contributed by atoms with E-state index in [1.165, 1.54) is 40.5 Å². The predicted molar refractivity (Wildman–Crippen MR) is 127 cm³/mol. The number of benzene rings is 1. The van der Waals surface area contributed by atoms with Crippen LogP contribution in [0.4, 0.5) is 0 Å². The largest absolute Gasteiger partial charge is 0.357 e. The van der Waals surface area contributed by atoms with Crippen LogP contribution in [0, 0.1) is 6.92 Å². The smallest absolute Gasteiger partial charge is 0.191 e. The summed E-state index contributed by atoms with van der Waals surface area (Å²) in [5, 5.41) is 7.92. The number of hydrogen-bond donors (Lipinski definition) is 2. The number of aromatic nitrogens is 1. The molecule has 0 aliphatic carbocycles. The highest BCUT2D eigenvalue weighted by atomic mass is 32.1. The Hall–Kier alpha value is -1.96. The third kappa shape index (κ3) is 7.70. The third-order valence-corrected chi connectivity index (χ3v) is 6.28. The van der Waals surface area contributed by atoms with Gasteiger partial charge in [-0.15, -0.1) is 11.3 Å². The molecular formula is C23H36N6S. The molecule has 0 bridgehead atoms. The van der Waals surface area contributed by atoms with Crippen molar-refractivity contribution in [3.8, 4) is 0 Å². The molecule has 0 saturated carbocycles. The summed E-state index contributed by atoms with van der Waals surface area (Å²) in [6, 6.07) is 8.94. The fraction of sp³-hybridized carbons (Fsp3) is 0.565. The summed E-state index contributed by atoms with van der Waals surface area (Å²) in [7, 11) is 2.22. The summed E-state index contributed by atoms with van der Waals surface area (Å²) in [6.45, 7) is 12.3. The van der Waals surface area contributed by atoms with Crippen molar-refractivity contribution in [1.29, 1.82) is 0 Å². The molecule has 164 valence electrons. The Kier molecular flexibility index (Phi) is 9.11. The van der Waals surface area contributed by atoms with E-state index in [2.05, 4.69) is 70.6 Å². The van der Waals surface area contributed by atoms with Gasteiger partial charge in [-0.1, -0.05) is 24.3 Å². The molecule has 1 saturated heterocycles. The van der Waals surface area contributed by atoms with Gasteiger partial charge in [0.25, 0.3) is 0 Å². The fourth-order valence-corrected chi connectivity index (χ4v) is 4.37. The molecule has 0 amide bonds. The zero-order chi connectivity index (χ0) is 21.2. The number of hydrogen-bond acceptors (Lipinski definition) is 5. The van der Waals surface area contributed by atoms with Crippen molar-refractivity contribution in [2.75, 3.05) is 46.3 Å². The zero-order valence-electron chi connectivity index (χ0n) is 18.7. The van der Waals surface area contributed by atoms with E-state index in [1.54, 1.807) is 11.3 Å². The van der Waals surface area contributed by atoms with Crippen molar-refractivity contribution in [3.63, 3.8) is 0 Å². The number of nitrogens with zero attached hydrogens (tertiary/aromatic N) is 4. The van der Waals surface area contributed by atoms with E-state index in [1.807, 2.05) is 6.20 Å². The van der Waals surface area contributed by atoms with Crippen LogP contribution >= 0.6 is 11.3 Å². The lowest BCUT2D eigenvalue weighted by atomic mass is 10.1. The van der Waals surface area contributed by atoms with Gasteiger partial charge in [0.05, 0.1) is 11.6 Å². The molecular weight excluding hydrogens is 392 g/mol. The van der Waals surface area contributed by atoms with E-state index in [4.69, 9.17) is 4.99 Å². The fourth-order valence-electron chi connectivity index (χ4n) is 3.58. The zero-order valence-corrected chi connectivity index (χ0v) is 19.5. The number of aryl methyl sites for hydroxylation is 1. The van der Waals surface area contributed by atoms with E-state index in [0.717, 1.165) is 45.1 Å². The van der Waals surface area contributed by atoms with E-state index in [9.17, 15) is 0 Å². The highest BCUT2D eigenvalue weighted by Crippen LogP contribution is 2.12. The second-order valence-electron chi connectivity index (χ2n) is 7.99. The van der Waals surface area contributed by atoms with Crippen LogP contribution in [0.15, 0.2) is 35.5 Å². The summed E-state index contributed by atoms with van der Waals surface area (Å²) in [6.07, 6.45) is 4.11. The van der Waals surface area contributed by atoms with Gasteiger partial charge in [0, 0.05) is 50.2 Å². The first-order valence-corrected chi connectivity index (χ1v) is 11.9. The lowest BCUT2D eigenvalue weighted by Gasteiger charge is -2.20. The summed E-state index contributed by atoms with van der Waals surface area (Å²) < 4.78 is 0. The van der Waals surface area contributed by atoms with Crippen molar-refractivity contribution in [1.82, 2.24) is 25.4 Å². The Balaban J connectivity index is 1.47. The molecule has 2 aromatic rings. The molecule has 6 nitrogen and oxygen atoms in total. The first kappa shape index (κ1) is 22.7. The van der Waals surface area contributed by atoms with Crippen molar-refractivity contribution < 1.29 is 0 Å². The lowest BCUT2D eigenvalue weighted by Crippen LogP contribution is -2.38. The lowest BCUT2D eigenvalue weighted by molar-refractivity contribution is 0.269. The number of thiazole rings is 1. The van der Waals surface area contributed by atoms with Crippen molar-refractivity contribution in [2.24, 2.45) is 4.99 Å². The maximum Gasteiger partial charge on any atom is 0.191 e. The number of guanidine groups is 1. The molecule has 2 heterocycles. The number of aliphatic imine (C=N–C) groups is 1. The van der Waals surface area contributed by atoms with E-state index in [0.29, 0.717) is 6.54 Å². The minimum atomic E-state index is 0.681. The molecule has 0 spiro atoms. The maximum absolute atomic E-state index is 4.75. The average Bonchev–Trinajstić information content (AvgIpc) is 3.04. The molecule has 0 radical (unpaired) electrons. The molecule has 0 unspecified atom stereocenters. The van der Waals surface area contributed by atoms with Crippen molar-refractivity contribution >= 4 is 17.3 Å². The second kappa shape index (κ2) is 12.0. The molecule has 1 aliphatic rings. The van der Waals surface area contributed by atoms with Crippen molar-refractivity contribution in [2.45, 2.75) is 39.8 Å². The van der Waals surface area contributed by atoms with Gasteiger partial charge in [0.1, 0.15) is 0 Å². The van der Waals surface area contributed by atoms with E-state index in [-0.39, 0.29) is 0 Å². The molecule has 1 aromatic heterocycles. The highest BCUT2D eigenvalue weighted by Gasteiger charge is 2.12. The standard InChI is InChI=1S/C23H36N6S/c1-4-24-23(25-11-10-22-26-16-19(2)30-22)27-17-20-6-8-21(9-7-20)18-29-13-5-12-28(3)14-15-29/h6-9,16H,4-5,10-15,17-18H2,1-3H3,(H2,24,25,27). The number of likely N-dealkylation sites (N-methyl/N-ethyl adjacent to an activating group) is 1. The van der Waals surface area contributed by atoms with Gasteiger partial charge in [0.15, 0.2) is 5.96 Å². The Morgan fingerprint density at radius 1 is 1.10 bits per heavy atom. The van der Waals surface area contributed by atoms with Crippen LogP contribution in [0.5, 0.6) is 0 Å². The minimum absolute atomic E-state index is 0.681. The van der Waals surface area contributed by atoms with Crippen molar-refractivity contribution in [3.05, 3.63) is 51.5 Å². The Labute approximate surface area is 185 Å². The molecule has 3 rings (SSSR count). The summed E-state index contributed by atoms with van der Waals surface area (Å²) in [5.41, 5.74) is 2.62. The van der Waals surface area contributed by atoms with Gasteiger partial charge in [-0.2, -0.15) is 0 Å². The first-order valence-electron chi connectivity index (χ1n) is 11.0. The monoisotopic (exact) mass is 428 g/mol. The molecule has 0 atom stereocenters. The van der Waals surface area contributed by atoms with Crippen LogP contribution in [0.1, 0.15) is 34.4 Å². The van der Waals surface area contributed by atoms with Crippen LogP contribution in [0.25, 0.3) is 0 Å². The molecule has 2 N–H and O–H groups in total. The molecule has 1 fully saturated rings. The Bertz CT molecular complexity index is 785. The number of nitrogens with one attached hydrogen (secondary N) is 2. The van der Waals surface area contributed by atoms with Gasteiger partial charge in [-0.3, -0.25) is 4.90 Å². The minimum Gasteiger partial charge on any atom is -0.357 e. The van der Waals surface area contributed by atoms with Crippen LogP contribution in [-0.4, -0.2) is 67.1 Å². The van der Waals surface area contributed by atoms with Gasteiger partial charge < -0.3 is 15.5 Å². The molecule has 1 aromatic carbocycles. The highest BCUT2D eigenvalue weighted by molar-refractivity contribution is 7.11. The van der Waals surface area contributed by atoms with Gasteiger partial charge in [-0.05, 0) is 51.5 Å². The normalized spacial score (nSPS) is 16.4. The van der Waals surface area contributed by atoms with Crippen LogP contribution < -0.4 is 10.6 Å². The summed E-state index contributed by atoms with van der Waals surface area (Å²) in [5.74, 6) is 0.864. The quantitative estimate of drug-likeness (QED) is 0.500. The molecule has 30 heavy (non-hydrogen) atoms. The number of rotatable bonds is 8. The summed E-state index contributed by atoms with van der Waals surface area (Å²) in [4.78, 5) is 15.4. The molecule has 7 heteroatoms. The van der Waals surface area contributed by atoms with Crippen LogP contribution in [0.2, 0.25) is 0 Å². The molecule has 1 aliphatic heterocycles. The Morgan fingerprint density at radius 3 is 2.63 bits per heavy atom. The van der Waals surface area contributed by atoms with Gasteiger partial charge in [-0.25, -0.2) is 9.98 Å². The van der Waals surface area contributed by atoms with E-state index < -0.39 is 0 Å². The second-order valence-corrected chi connectivity index (χ2v) is 9.31. The van der Waals surface area contributed by atoms with Gasteiger partial charge in [0.2, 0.25) is 0 Å². The van der Waals surface area contributed by atoms with Crippen LogP contribution in [0.3, 0.4) is 0 Å². The Morgan fingerprint density at radius 2 is 1.90 bits per heavy atom. The predicted octanol–water partition coefficient (Wildman–Crippen LogP) is 2.89. The van der Waals surface area contributed by atoms with E-state index >= 15 is 0 Å². The van der Waals surface area contributed by atoms with Crippen LogP contribution in [-0.2, 0) is 19.5 Å². The maximum atomic E-state index is 4.75. The summed E-state index contributed by atoms with van der Waals surface area (Å²) >= 11 is 1.76. The SMILES string of the molecule is CCNC(=NCc1ccc(CN2CCCN(C)CC2)cc1)NCCc1ncc(C)s1. The first-order chi connectivity index (χ1) is 14.6. The third-order valence-electron chi connectivity index (χ3n) is 5.31. The average molecular weight is 429 g/mol. The van der Waals surface area contributed by atoms with Gasteiger partial charge >= 0.3 is 0 Å².